The number of aromatic nitrogens is 1. The topological polar surface area (TPSA) is 34.2 Å². The Kier molecular flexibility index (Phi) is 5.40. The number of hydrogen-bond acceptors (Lipinski definition) is 3. The highest BCUT2D eigenvalue weighted by Crippen LogP contribution is 2.21. The maximum atomic E-state index is 11.9. The zero-order chi connectivity index (χ0) is 13.6. The lowest BCUT2D eigenvalue weighted by Crippen LogP contribution is -2.10. The molecule has 0 saturated carbocycles. The van der Waals surface area contributed by atoms with Crippen molar-refractivity contribution in [2.45, 2.75) is 32.5 Å². The van der Waals surface area contributed by atoms with Crippen LogP contribution in [0.25, 0.3) is 0 Å². The van der Waals surface area contributed by atoms with Crippen molar-refractivity contribution in [3.05, 3.63) is 23.4 Å². The standard InChI is InChI=1S/C12H17F3N2O/c1-9-6-10(8-16-2)7-11(17-9)18-5-3-4-12(13,14)15/h6-7,16H,3-5,8H2,1-2H3. The maximum Gasteiger partial charge on any atom is 0.389 e. The Balaban J connectivity index is 2.46. The Labute approximate surface area is 104 Å². The molecular formula is C12H17F3N2O. The van der Waals surface area contributed by atoms with Gasteiger partial charge in [0.2, 0.25) is 5.88 Å². The van der Waals surface area contributed by atoms with Gasteiger partial charge < -0.3 is 10.1 Å². The Bertz CT molecular complexity index is 380. The summed E-state index contributed by atoms with van der Waals surface area (Å²) in [5, 5.41) is 2.99. The van der Waals surface area contributed by atoms with Gasteiger partial charge in [-0.2, -0.15) is 13.2 Å². The molecule has 1 aromatic rings. The number of ether oxygens (including phenoxy) is 1. The fourth-order valence-electron chi connectivity index (χ4n) is 1.54. The molecule has 0 aliphatic rings. The second kappa shape index (κ2) is 6.58. The molecule has 102 valence electrons. The molecule has 0 aromatic carbocycles. The van der Waals surface area contributed by atoms with Crippen molar-refractivity contribution in [3.63, 3.8) is 0 Å². The molecule has 1 heterocycles. The van der Waals surface area contributed by atoms with E-state index in [0.29, 0.717) is 12.4 Å². The van der Waals surface area contributed by atoms with E-state index in [4.69, 9.17) is 4.74 Å². The molecule has 0 amide bonds. The van der Waals surface area contributed by atoms with E-state index in [9.17, 15) is 13.2 Å². The predicted octanol–water partition coefficient (Wildman–Crippen LogP) is 2.83. The first kappa shape index (κ1) is 14.8. The van der Waals surface area contributed by atoms with Crippen LogP contribution in [0.1, 0.15) is 24.1 Å². The molecule has 0 unspecified atom stereocenters. The van der Waals surface area contributed by atoms with Crippen LogP contribution in [0.2, 0.25) is 0 Å². The van der Waals surface area contributed by atoms with Crippen molar-refractivity contribution in [2.75, 3.05) is 13.7 Å². The molecule has 0 radical (unpaired) electrons. The highest BCUT2D eigenvalue weighted by molar-refractivity contribution is 5.24. The largest absolute Gasteiger partial charge is 0.478 e. The van der Waals surface area contributed by atoms with Crippen LogP contribution in [0.3, 0.4) is 0 Å². The molecule has 0 bridgehead atoms. The van der Waals surface area contributed by atoms with Gasteiger partial charge in [0.1, 0.15) is 0 Å². The van der Waals surface area contributed by atoms with Crippen molar-refractivity contribution in [3.8, 4) is 5.88 Å². The first-order valence-corrected chi connectivity index (χ1v) is 5.72. The Morgan fingerprint density at radius 2 is 2.06 bits per heavy atom. The molecule has 1 rings (SSSR count). The first-order chi connectivity index (χ1) is 8.40. The van der Waals surface area contributed by atoms with Crippen LogP contribution >= 0.6 is 0 Å². The van der Waals surface area contributed by atoms with Crippen LogP contribution < -0.4 is 10.1 Å². The lowest BCUT2D eigenvalue weighted by Gasteiger charge is -2.09. The molecule has 0 fully saturated rings. The monoisotopic (exact) mass is 262 g/mol. The number of hydrogen-bond donors (Lipinski definition) is 1. The molecule has 6 heteroatoms. The summed E-state index contributed by atoms with van der Waals surface area (Å²) >= 11 is 0. The highest BCUT2D eigenvalue weighted by atomic mass is 19.4. The number of rotatable bonds is 6. The maximum absolute atomic E-state index is 11.9. The van der Waals surface area contributed by atoms with Crippen LogP contribution in [0.4, 0.5) is 13.2 Å². The molecule has 0 saturated heterocycles. The fraction of sp³-hybridized carbons (Fsp3) is 0.583. The van der Waals surface area contributed by atoms with E-state index in [1.54, 1.807) is 6.07 Å². The average Bonchev–Trinajstić information content (AvgIpc) is 2.23. The third-order valence-corrected chi connectivity index (χ3v) is 2.23. The number of halogens is 3. The summed E-state index contributed by atoms with van der Waals surface area (Å²) < 4.78 is 41.0. The first-order valence-electron chi connectivity index (χ1n) is 5.72. The molecule has 18 heavy (non-hydrogen) atoms. The smallest absolute Gasteiger partial charge is 0.389 e. The second-order valence-corrected chi connectivity index (χ2v) is 4.05. The molecule has 0 aliphatic heterocycles. The third-order valence-electron chi connectivity index (χ3n) is 2.23. The van der Waals surface area contributed by atoms with Gasteiger partial charge in [-0.3, -0.25) is 0 Å². The Morgan fingerprint density at radius 3 is 2.67 bits per heavy atom. The molecule has 3 nitrogen and oxygen atoms in total. The quantitative estimate of drug-likeness (QED) is 0.800. The Hall–Kier alpha value is -1.30. The summed E-state index contributed by atoms with van der Waals surface area (Å²) in [5.74, 6) is 0.377. The summed E-state index contributed by atoms with van der Waals surface area (Å²) in [6, 6.07) is 3.64. The normalized spacial score (nSPS) is 11.6. The van der Waals surface area contributed by atoms with Gasteiger partial charge in [0.05, 0.1) is 6.61 Å². The average molecular weight is 262 g/mol. The molecular weight excluding hydrogens is 245 g/mol. The van der Waals surface area contributed by atoms with Crippen LogP contribution in [-0.4, -0.2) is 24.8 Å². The minimum atomic E-state index is -4.12. The molecule has 1 aromatic heterocycles. The van der Waals surface area contributed by atoms with E-state index in [0.717, 1.165) is 11.3 Å². The molecule has 1 N–H and O–H groups in total. The van der Waals surface area contributed by atoms with Gasteiger partial charge in [-0.15, -0.1) is 0 Å². The summed E-state index contributed by atoms with van der Waals surface area (Å²) in [6.45, 7) is 2.51. The van der Waals surface area contributed by atoms with Gasteiger partial charge in [0.15, 0.2) is 0 Å². The second-order valence-electron chi connectivity index (χ2n) is 4.05. The number of alkyl halides is 3. The highest BCUT2D eigenvalue weighted by Gasteiger charge is 2.26. The van der Waals surface area contributed by atoms with E-state index in [-0.39, 0.29) is 13.0 Å². The van der Waals surface area contributed by atoms with E-state index in [2.05, 4.69) is 10.3 Å². The number of pyridine rings is 1. The van der Waals surface area contributed by atoms with Gasteiger partial charge in [-0.05, 0) is 32.0 Å². The SMILES string of the molecule is CNCc1cc(C)nc(OCCCC(F)(F)F)c1. The lowest BCUT2D eigenvalue weighted by molar-refractivity contribution is -0.136. The van der Waals surface area contributed by atoms with Crippen molar-refractivity contribution < 1.29 is 17.9 Å². The van der Waals surface area contributed by atoms with E-state index < -0.39 is 12.6 Å². The predicted molar refractivity (Wildman–Crippen MR) is 62.5 cm³/mol. The Morgan fingerprint density at radius 1 is 1.33 bits per heavy atom. The van der Waals surface area contributed by atoms with Crippen LogP contribution in [0.5, 0.6) is 5.88 Å². The number of nitrogens with one attached hydrogen (secondary N) is 1. The van der Waals surface area contributed by atoms with Crippen LogP contribution in [0.15, 0.2) is 12.1 Å². The fourth-order valence-corrected chi connectivity index (χ4v) is 1.54. The zero-order valence-corrected chi connectivity index (χ0v) is 10.5. The molecule has 0 atom stereocenters. The van der Waals surface area contributed by atoms with Crippen molar-refractivity contribution in [2.24, 2.45) is 0 Å². The number of aryl methyl sites for hydroxylation is 1. The van der Waals surface area contributed by atoms with Crippen molar-refractivity contribution >= 4 is 0 Å². The van der Waals surface area contributed by atoms with Crippen LogP contribution in [-0.2, 0) is 6.54 Å². The van der Waals surface area contributed by atoms with Crippen LogP contribution in [0, 0.1) is 6.92 Å². The summed E-state index contributed by atoms with van der Waals surface area (Å²) in [7, 11) is 1.82. The third kappa shape index (κ3) is 5.86. The minimum Gasteiger partial charge on any atom is -0.478 e. The minimum absolute atomic E-state index is 0.0228. The van der Waals surface area contributed by atoms with Gasteiger partial charge in [-0.25, -0.2) is 4.98 Å². The summed E-state index contributed by atoms with van der Waals surface area (Å²) in [6.07, 6.45) is -5.01. The summed E-state index contributed by atoms with van der Waals surface area (Å²) in [4.78, 5) is 4.12. The zero-order valence-electron chi connectivity index (χ0n) is 10.5. The summed E-state index contributed by atoms with van der Waals surface area (Å²) in [5.41, 5.74) is 1.78. The van der Waals surface area contributed by atoms with Crippen molar-refractivity contribution in [1.82, 2.24) is 10.3 Å². The van der Waals surface area contributed by atoms with Gasteiger partial charge in [0.25, 0.3) is 0 Å². The van der Waals surface area contributed by atoms with Gasteiger partial charge >= 0.3 is 6.18 Å². The van der Waals surface area contributed by atoms with E-state index in [1.165, 1.54) is 0 Å². The van der Waals surface area contributed by atoms with Crippen molar-refractivity contribution in [1.29, 1.82) is 0 Å². The van der Waals surface area contributed by atoms with E-state index >= 15 is 0 Å². The number of nitrogens with zero attached hydrogens (tertiary/aromatic N) is 1. The van der Waals surface area contributed by atoms with E-state index in [1.807, 2.05) is 20.0 Å². The lowest BCUT2D eigenvalue weighted by atomic mass is 10.2. The molecule has 0 aliphatic carbocycles. The molecule has 0 spiro atoms. The van der Waals surface area contributed by atoms with Gasteiger partial charge in [-0.1, -0.05) is 0 Å². The van der Waals surface area contributed by atoms with Gasteiger partial charge in [0, 0.05) is 24.7 Å².